The fourth-order valence-corrected chi connectivity index (χ4v) is 1.61. The molecule has 0 bridgehead atoms. The molecule has 0 unspecified atom stereocenters. The quantitative estimate of drug-likeness (QED) is 0.587. The van der Waals surface area contributed by atoms with E-state index in [1.165, 1.54) is 0 Å². The Morgan fingerprint density at radius 1 is 0.938 bits per heavy atom. The second-order valence-electron chi connectivity index (χ2n) is 3.22. The first-order valence-electron chi connectivity index (χ1n) is 4.68. The summed E-state index contributed by atoms with van der Waals surface area (Å²) >= 11 is 0. The van der Waals surface area contributed by atoms with E-state index >= 15 is 0 Å². The first-order valence-corrected chi connectivity index (χ1v) is 4.68. The minimum absolute atomic E-state index is 0.666. The lowest BCUT2D eigenvalue weighted by Gasteiger charge is -2.07. The lowest BCUT2D eigenvalue weighted by atomic mass is 10.1. The third-order valence-electron chi connectivity index (χ3n) is 2.25. The van der Waals surface area contributed by atoms with Crippen molar-refractivity contribution < 1.29 is 0 Å². The molecule has 0 aliphatic heterocycles. The molecule has 0 atom stereocenters. The lowest BCUT2D eigenvalue weighted by molar-refractivity contribution is 1.46. The number of hydrogen-bond donors (Lipinski definition) is 2. The SMILES string of the molecule is N#CNc1cc(NC#N)c2ccccc2c1. The van der Waals surface area contributed by atoms with Crippen LogP contribution < -0.4 is 10.6 Å². The summed E-state index contributed by atoms with van der Waals surface area (Å²) in [6, 6.07) is 11.3. The minimum Gasteiger partial charge on any atom is -0.293 e. The van der Waals surface area contributed by atoms with Crippen LogP contribution in [0.5, 0.6) is 0 Å². The van der Waals surface area contributed by atoms with Crippen molar-refractivity contribution >= 4 is 22.1 Å². The van der Waals surface area contributed by atoms with E-state index in [0.717, 1.165) is 10.8 Å². The molecule has 0 amide bonds. The molecule has 0 saturated carbocycles. The topological polar surface area (TPSA) is 71.6 Å². The first-order chi connectivity index (χ1) is 7.85. The van der Waals surface area contributed by atoms with E-state index in [2.05, 4.69) is 10.6 Å². The number of rotatable bonds is 2. The van der Waals surface area contributed by atoms with Crippen molar-refractivity contribution in [3.63, 3.8) is 0 Å². The molecule has 2 aromatic rings. The van der Waals surface area contributed by atoms with E-state index in [-0.39, 0.29) is 0 Å². The predicted octanol–water partition coefficient (Wildman–Crippen LogP) is 2.63. The van der Waals surface area contributed by atoms with Gasteiger partial charge in [-0.2, -0.15) is 10.5 Å². The molecule has 0 aromatic heterocycles. The molecule has 0 fully saturated rings. The zero-order valence-electron chi connectivity index (χ0n) is 8.36. The molecule has 16 heavy (non-hydrogen) atoms. The van der Waals surface area contributed by atoms with Crippen molar-refractivity contribution in [3.8, 4) is 12.4 Å². The van der Waals surface area contributed by atoms with Gasteiger partial charge in [-0.15, -0.1) is 0 Å². The van der Waals surface area contributed by atoms with Crippen LogP contribution in [0.1, 0.15) is 0 Å². The van der Waals surface area contributed by atoms with Crippen LogP contribution in [-0.4, -0.2) is 0 Å². The number of nitrogens with zero attached hydrogens (tertiary/aromatic N) is 2. The van der Waals surface area contributed by atoms with Crippen molar-refractivity contribution in [3.05, 3.63) is 36.4 Å². The van der Waals surface area contributed by atoms with Gasteiger partial charge in [0.15, 0.2) is 12.4 Å². The highest BCUT2D eigenvalue weighted by molar-refractivity contribution is 5.97. The molecule has 0 saturated heterocycles. The maximum atomic E-state index is 8.65. The fraction of sp³-hybridized carbons (Fsp3) is 0. The molecule has 4 nitrogen and oxygen atoms in total. The summed E-state index contributed by atoms with van der Waals surface area (Å²) < 4.78 is 0. The summed E-state index contributed by atoms with van der Waals surface area (Å²) in [6.07, 6.45) is 3.74. The highest BCUT2D eigenvalue weighted by atomic mass is 14.9. The van der Waals surface area contributed by atoms with Gasteiger partial charge in [0.2, 0.25) is 0 Å². The lowest BCUT2D eigenvalue weighted by Crippen LogP contribution is -1.93. The van der Waals surface area contributed by atoms with Gasteiger partial charge >= 0.3 is 0 Å². The van der Waals surface area contributed by atoms with Crippen LogP contribution in [0.15, 0.2) is 36.4 Å². The third-order valence-corrected chi connectivity index (χ3v) is 2.25. The normalized spacial score (nSPS) is 9.12. The average Bonchev–Trinajstić information content (AvgIpc) is 2.30. The summed E-state index contributed by atoms with van der Waals surface area (Å²) in [5, 5.41) is 24.3. The van der Waals surface area contributed by atoms with Crippen LogP contribution >= 0.6 is 0 Å². The van der Waals surface area contributed by atoms with Crippen LogP contribution in [0.3, 0.4) is 0 Å². The van der Waals surface area contributed by atoms with E-state index < -0.39 is 0 Å². The average molecular weight is 208 g/mol. The maximum Gasteiger partial charge on any atom is 0.181 e. The Morgan fingerprint density at radius 2 is 1.69 bits per heavy atom. The number of benzene rings is 2. The van der Waals surface area contributed by atoms with Crippen LogP contribution in [0.4, 0.5) is 11.4 Å². The molecule has 4 heteroatoms. The number of hydrogen-bond acceptors (Lipinski definition) is 4. The Balaban J connectivity index is 2.65. The summed E-state index contributed by atoms with van der Waals surface area (Å²) in [5.74, 6) is 0. The molecule has 0 aliphatic carbocycles. The summed E-state index contributed by atoms with van der Waals surface area (Å²) in [6.45, 7) is 0. The molecule has 0 heterocycles. The standard InChI is InChI=1S/C12H8N4/c13-7-15-10-5-9-3-1-2-4-11(9)12(6-10)16-8-14/h1-6,15-16H. The van der Waals surface area contributed by atoms with Crippen molar-refractivity contribution in [1.29, 1.82) is 10.5 Å². The van der Waals surface area contributed by atoms with Gasteiger partial charge in [-0.3, -0.25) is 10.6 Å². The van der Waals surface area contributed by atoms with Crippen LogP contribution in [0.25, 0.3) is 10.8 Å². The molecule has 0 spiro atoms. The highest BCUT2D eigenvalue weighted by Crippen LogP contribution is 2.27. The third kappa shape index (κ3) is 1.73. The summed E-state index contributed by atoms with van der Waals surface area (Å²) in [7, 11) is 0. The van der Waals surface area contributed by atoms with E-state index in [4.69, 9.17) is 10.5 Å². The molecule has 76 valence electrons. The van der Waals surface area contributed by atoms with Gasteiger partial charge in [-0.1, -0.05) is 24.3 Å². The van der Waals surface area contributed by atoms with Gasteiger partial charge in [0.25, 0.3) is 0 Å². The molecule has 2 aromatic carbocycles. The molecular formula is C12H8N4. The Labute approximate surface area is 92.7 Å². The Hall–Kier alpha value is -2.72. The predicted molar refractivity (Wildman–Crippen MR) is 62.4 cm³/mol. The van der Waals surface area contributed by atoms with Gasteiger partial charge in [-0.25, -0.2) is 0 Å². The number of fused-ring (bicyclic) bond motifs is 1. The molecule has 2 rings (SSSR count). The van der Waals surface area contributed by atoms with Crippen LogP contribution in [0.2, 0.25) is 0 Å². The van der Waals surface area contributed by atoms with Crippen molar-refractivity contribution in [1.82, 2.24) is 0 Å². The van der Waals surface area contributed by atoms with Gasteiger partial charge in [0, 0.05) is 5.39 Å². The van der Waals surface area contributed by atoms with Crippen molar-refractivity contribution in [2.24, 2.45) is 0 Å². The molecule has 2 N–H and O–H groups in total. The fourth-order valence-electron chi connectivity index (χ4n) is 1.61. The molecular weight excluding hydrogens is 200 g/mol. The van der Waals surface area contributed by atoms with Gasteiger partial charge in [-0.05, 0) is 17.5 Å². The van der Waals surface area contributed by atoms with Gasteiger partial charge in [0.05, 0.1) is 11.4 Å². The second-order valence-corrected chi connectivity index (χ2v) is 3.22. The second kappa shape index (κ2) is 4.20. The summed E-state index contributed by atoms with van der Waals surface area (Å²) in [4.78, 5) is 0. The molecule has 0 radical (unpaired) electrons. The van der Waals surface area contributed by atoms with Crippen LogP contribution in [0, 0.1) is 22.9 Å². The zero-order chi connectivity index (χ0) is 11.4. The van der Waals surface area contributed by atoms with Gasteiger partial charge in [0.1, 0.15) is 0 Å². The van der Waals surface area contributed by atoms with Crippen LogP contribution in [-0.2, 0) is 0 Å². The zero-order valence-corrected chi connectivity index (χ0v) is 8.36. The van der Waals surface area contributed by atoms with E-state index in [1.807, 2.05) is 42.7 Å². The Kier molecular flexibility index (Phi) is 2.58. The Morgan fingerprint density at radius 3 is 2.44 bits per heavy atom. The van der Waals surface area contributed by atoms with E-state index in [9.17, 15) is 0 Å². The van der Waals surface area contributed by atoms with E-state index in [0.29, 0.717) is 11.4 Å². The number of nitrogens with one attached hydrogen (secondary N) is 2. The monoisotopic (exact) mass is 208 g/mol. The number of anilines is 2. The first kappa shape index (κ1) is 9.82. The maximum absolute atomic E-state index is 8.65. The van der Waals surface area contributed by atoms with Crippen molar-refractivity contribution in [2.45, 2.75) is 0 Å². The highest BCUT2D eigenvalue weighted by Gasteiger charge is 2.02. The largest absolute Gasteiger partial charge is 0.293 e. The Bertz CT molecular complexity index is 604. The van der Waals surface area contributed by atoms with Gasteiger partial charge < -0.3 is 0 Å². The summed E-state index contributed by atoms with van der Waals surface area (Å²) in [5.41, 5.74) is 1.36. The molecule has 0 aliphatic rings. The van der Waals surface area contributed by atoms with E-state index in [1.54, 1.807) is 6.07 Å². The minimum atomic E-state index is 0.666. The van der Waals surface area contributed by atoms with Crippen molar-refractivity contribution in [2.75, 3.05) is 10.6 Å². The smallest absolute Gasteiger partial charge is 0.181 e. The number of nitriles is 2.